The molecule has 2 heterocycles. The van der Waals surface area contributed by atoms with Gasteiger partial charge in [0.2, 0.25) is 0 Å². The normalized spacial score (nSPS) is 20.8. The minimum absolute atomic E-state index is 0.135. The molecule has 0 bridgehead atoms. The van der Waals surface area contributed by atoms with E-state index in [2.05, 4.69) is 43.9 Å². The average molecular weight is 234 g/mol. The quantitative estimate of drug-likeness (QED) is 0.657. The molecule has 0 aliphatic carbocycles. The molecule has 0 spiro atoms. The summed E-state index contributed by atoms with van der Waals surface area (Å²) in [5.41, 5.74) is 5.62. The van der Waals surface area contributed by atoms with E-state index in [1.54, 1.807) is 0 Å². The summed E-state index contributed by atoms with van der Waals surface area (Å²) in [6, 6.07) is 4.22. The first-order valence-corrected chi connectivity index (χ1v) is 6.17. The Morgan fingerprint density at radius 2 is 2.06 bits per heavy atom. The monoisotopic (exact) mass is 233 g/mol. The van der Waals surface area contributed by atoms with E-state index in [4.69, 9.17) is 11.6 Å². The van der Waals surface area contributed by atoms with Crippen LogP contribution in [0, 0.1) is 0 Å². The first kappa shape index (κ1) is 10.2. The number of benzene rings is 1. The Morgan fingerprint density at radius 3 is 2.81 bits per heavy atom. The number of halogens is 1. The van der Waals surface area contributed by atoms with Crippen LogP contribution in [0.4, 0.5) is 5.69 Å². The molecule has 2 heteroatoms. The summed E-state index contributed by atoms with van der Waals surface area (Å²) in [5, 5.41) is 0.864. The third-order valence-corrected chi connectivity index (χ3v) is 3.94. The van der Waals surface area contributed by atoms with E-state index in [1.807, 2.05) is 0 Å². The Labute approximate surface area is 102 Å². The van der Waals surface area contributed by atoms with Crippen LogP contribution in [-0.2, 0) is 6.42 Å². The van der Waals surface area contributed by atoms with E-state index < -0.39 is 0 Å². The molecule has 2 aliphatic rings. The van der Waals surface area contributed by atoms with Crippen molar-refractivity contribution < 1.29 is 0 Å². The first-order chi connectivity index (χ1) is 7.49. The first-order valence-electron chi connectivity index (χ1n) is 5.79. The van der Waals surface area contributed by atoms with Gasteiger partial charge in [-0.25, -0.2) is 0 Å². The van der Waals surface area contributed by atoms with Gasteiger partial charge in [-0.3, -0.25) is 0 Å². The van der Waals surface area contributed by atoms with Gasteiger partial charge in [-0.1, -0.05) is 17.7 Å². The van der Waals surface area contributed by atoms with Gasteiger partial charge in [-0.15, -0.1) is 0 Å². The van der Waals surface area contributed by atoms with Crippen LogP contribution >= 0.6 is 11.6 Å². The van der Waals surface area contributed by atoms with Gasteiger partial charge in [0.05, 0.1) is 5.54 Å². The lowest BCUT2D eigenvalue weighted by Crippen LogP contribution is -2.43. The molecule has 0 radical (unpaired) electrons. The molecule has 0 unspecified atom stereocenters. The molecule has 3 rings (SSSR count). The van der Waals surface area contributed by atoms with Gasteiger partial charge in [0, 0.05) is 22.8 Å². The van der Waals surface area contributed by atoms with Gasteiger partial charge in [0.1, 0.15) is 0 Å². The lowest BCUT2D eigenvalue weighted by molar-refractivity contribution is 0.572. The topological polar surface area (TPSA) is 3.24 Å². The number of hydrogen-bond donors (Lipinski definition) is 0. The minimum Gasteiger partial charge on any atom is -0.362 e. The maximum atomic E-state index is 6.17. The minimum atomic E-state index is 0.135. The number of rotatable bonds is 0. The van der Waals surface area contributed by atoms with E-state index in [1.165, 1.54) is 22.4 Å². The zero-order chi connectivity index (χ0) is 11.5. The Balaban J connectivity index is 2.31. The Kier molecular flexibility index (Phi) is 1.94. The Morgan fingerprint density at radius 1 is 1.31 bits per heavy atom. The second-order valence-electron chi connectivity index (χ2n) is 5.34. The van der Waals surface area contributed by atoms with Crippen molar-refractivity contribution in [2.24, 2.45) is 0 Å². The number of anilines is 1. The summed E-state index contributed by atoms with van der Waals surface area (Å²) in [6.07, 6.45) is 3.47. The summed E-state index contributed by atoms with van der Waals surface area (Å²) in [5.74, 6) is 0. The van der Waals surface area contributed by atoms with Crippen molar-refractivity contribution in [3.63, 3.8) is 0 Å². The van der Waals surface area contributed by atoms with Crippen LogP contribution < -0.4 is 4.90 Å². The molecule has 1 aromatic rings. The van der Waals surface area contributed by atoms with Crippen molar-refractivity contribution >= 4 is 22.9 Å². The number of hydrogen-bond acceptors (Lipinski definition) is 1. The average Bonchev–Trinajstić information content (AvgIpc) is 2.58. The van der Waals surface area contributed by atoms with Crippen molar-refractivity contribution in [1.29, 1.82) is 0 Å². The van der Waals surface area contributed by atoms with E-state index in [0.717, 1.165) is 18.0 Å². The summed E-state index contributed by atoms with van der Waals surface area (Å²) in [7, 11) is 0. The van der Waals surface area contributed by atoms with Crippen molar-refractivity contribution in [3.8, 4) is 0 Å². The molecule has 0 saturated heterocycles. The van der Waals surface area contributed by atoms with Crippen molar-refractivity contribution in [2.75, 3.05) is 11.4 Å². The van der Waals surface area contributed by atoms with Crippen LogP contribution in [0.25, 0.3) is 5.57 Å². The summed E-state index contributed by atoms with van der Waals surface area (Å²) < 4.78 is 0. The molecular formula is C14H16ClN. The summed E-state index contributed by atoms with van der Waals surface area (Å²) in [4.78, 5) is 2.50. The number of nitrogens with zero attached hydrogens (tertiary/aromatic N) is 1. The van der Waals surface area contributed by atoms with Gasteiger partial charge >= 0.3 is 0 Å². The molecule has 2 aliphatic heterocycles. The lowest BCUT2D eigenvalue weighted by Gasteiger charge is -2.40. The standard InChI is InChI=1S/C14H16ClN/c1-9-8-14(2,3)16-5-4-10-6-11(15)7-12(9)13(10)16/h6-8H,4-5H2,1-3H3. The van der Waals surface area contributed by atoms with Gasteiger partial charge < -0.3 is 4.90 Å². The summed E-state index contributed by atoms with van der Waals surface area (Å²) >= 11 is 6.17. The fourth-order valence-corrected chi connectivity index (χ4v) is 3.31. The van der Waals surface area contributed by atoms with Crippen LogP contribution in [0.3, 0.4) is 0 Å². The van der Waals surface area contributed by atoms with E-state index >= 15 is 0 Å². The van der Waals surface area contributed by atoms with Crippen LogP contribution in [0.1, 0.15) is 31.9 Å². The molecular weight excluding hydrogens is 218 g/mol. The molecule has 0 N–H and O–H groups in total. The molecule has 0 saturated carbocycles. The molecule has 0 atom stereocenters. The van der Waals surface area contributed by atoms with Gasteiger partial charge in [-0.05, 0) is 50.5 Å². The fraction of sp³-hybridized carbons (Fsp3) is 0.429. The zero-order valence-electron chi connectivity index (χ0n) is 9.97. The maximum Gasteiger partial charge on any atom is 0.0534 e. The summed E-state index contributed by atoms with van der Waals surface area (Å²) in [6.45, 7) is 7.86. The highest BCUT2D eigenvalue weighted by molar-refractivity contribution is 6.31. The molecule has 0 aromatic heterocycles. The molecule has 1 aromatic carbocycles. The predicted octanol–water partition coefficient (Wildman–Crippen LogP) is 3.90. The van der Waals surface area contributed by atoms with Gasteiger partial charge in [0.25, 0.3) is 0 Å². The lowest BCUT2D eigenvalue weighted by atomic mass is 9.89. The van der Waals surface area contributed by atoms with E-state index in [-0.39, 0.29) is 5.54 Å². The molecule has 0 amide bonds. The van der Waals surface area contributed by atoms with Gasteiger partial charge in [-0.2, -0.15) is 0 Å². The molecule has 1 nitrogen and oxygen atoms in total. The smallest absolute Gasteiger partial charge is 0.0534 e. The fourth-order valence-electron chi connectivity index (χ4n) is 3.07. The van der Waals surface area contributed by atoms with Crippen molar-refractivity contribution in [1.82, 2.24) is 0 Å². The maximum absolute atomic E-state index is 6.17. The van der Waals surface area contributed by atoms with Crippen LogP contribution in [0.2, 0.25) is 5.02 Å². The van der Waals surface area contributed by atoms with Gasteiger partial charge in [0.15, 0.2) is 0 Å². The van der Waals surface area contributed by atoms with Crippen molar-refractivity contribution in [2.45, 2.75) is 32.7 Å². The van der Waals surface area contributed by atoms with E-state index in [9.17, 15) is 0 Å². The third kappa shape index (κ3) is 1.24. The largest absolute Gasteiger partial charge is 0.362 e. The Bertz CT molecular complexity index is 500. The molecule has 16 heavy (non-hydrogen) atoms. The van der Waals surface area contributed by atoms with Crippen LogP contribution in [-0.4, -0.2) is 12.1 Å². The van der Waals surface area contributed by atoms with Crippen molar-refractivity contribution in [3.05, 3.63) is 34.4 Å². The number of allylic oxidation sites excluding steroid dienone is 1. The second kappa shape index (κ2) is 3.04. The van der Waals surface area contributed by atoms with Crippen LogP contribution in [0.5, 0.6) is 0 Å². The molecule has 84 valence electrons. The molecule has 0 fully saturated rings. The third-order valence-electron chi connectivity index (χ3n) is 3.72. The Hall–Kier alpha value is -0.950. The highest BCUT2D eigenvalue weighted by Crippen LogP contribution is 2.45. The highest BCUT2D eigenvalue weighted by atomic mass is 35.5. The second-order valence-corrected chi connectivity index (χ2v) is 5.78. The zero-order valence-corrected chi connectivity index (χ0v) is 10.7. The predicted molar refractivity (Wildman–Crippen MR) is 70.2 cm³/mol. The SMILES string of the molecule is CC1=CC(C)(C)N2CCc3cc(Cl)cc1c32. The van der Waals surface area contributed by atoms with Crippen LogP contribution in [0.15, 0.2) is 18.2 Å². The van der Waals surface area contributed by atoms with E-state index in [0.29, 0.717) is 0 Å². The highest BCUT2D eigenvalue weighted by Gasteiger charge is 2.36.